The van der Waals surface area contributed by atoms with Crippen molar-refractivity contribution < 1.29 is 0 Å². The molecule has 1 fully saturated rings. The molecule has 1 N–H and O–H groups in total. The van der Waals surface area contributed by atoms with Gasteiger partial charge in [-0.2, -0.15) is 0 Å². The summed E-state index contributed by atoms with van der Waals surface area (Å²) in [7, 11) is 1.98. The topological polar surface area (TPSA) is 28.2 Å². The predicted molar refractivity (Wildman–Crippen MR) is 69.1 cm³/mol. The van der Waals surface area contributed by atoms with Crippen LogP contribution in [-0.4, -0.2) is 36.6 Å². The van der Waals surface area contributed by atoms with Gasteiger partial charge in [0.2, 0.25) is 0 Å². The molecule has 1 aromatic rings. The van der Waals surface area contributed by atoms with Gasteiger partial charge in [-0.05, 0) is 33.5 Å². The van der Waals surface area contributed by atoms with Gasteiger partial charge < -0.3 is 10.2 Å². The molecule has 3 nitrogen and oxygen atoms in total. The Labute approximate surface area is 102 Å². The Kier molecular flexibility index (Phi) is 3.95. The molecule has 0 spiro atoms. The van der Waals surface area contributed by atoms with Crippen LogP contribution in [0.25, 0.3) is 0 Å². The molecule has 0 aromatic carbocycles. The number of aromatic nitrogens is 1. The second kappa shape index (κ2) is 5.25. The smallest absolute Gasteiger partial charge is 0.0973 e. The lowest BCUT2D eigenvalue weighted by molar-refractivity contribution is 0.354. The van der Waals surface area contributed by atoms with Crippen LogP contribution in [0.3, 0.4) is 0 Å². The molecule has 2 rings (SSSR count). The van der Waals surface area contributed by atoms with Crippen molar-refractivity contribution in [2.45, 2.75) is 32.2 Å². The van der Waals surface area contributed by atoms with E-state index in [1.165, 1.54) is 36.8 Å². The summed E-state index contributed by atoms with van der Waals surface area (Å²) in [6, 6.07) is 0.369. The van der Waals surface area contributed by atoms with Crippen LogP contribution >= 0.6 is 11.3 Å². The van der Waals surface area contributed by atoms with E-state index in [0.717, 1.165) is 0 Å². The summed E-state index contributed by atoms with van der Waals surface area (Å²) < 4.78 is 0. The molecule has 90 valence electrons. The average Bonchev–Trinajstić information content (AvgIpc) is 2.95. The molecule has 2 unspecified atom stereocenters. The lowest BCUT2D eigenvalue weighted by atomic mass is 10.1. The average molecular weight is 239 g/mol. The first-order valence-corrected chi connectivity index (χ1v) is 6.97. The first-order valence-electron chi connectivity index (χ1n) is 6.09. The summed E-state index contributed by atoms with van der Waals surface area (Å²) >= 11 is 1.83. The molecule has 1 saturated heterocycles. The molecule has 2 heterocycles. The van der Waals surface area contributed by atoms with Crippen molar-refractivity contribution in [3.8, 4) is 0 Å². The minimum Gasteiger partial charge on any atom is -0.312 e. The van der Waals surface area contributed by atoms with Gasteiger partial charge in [-0.3, -0.25) is 0 Å². The van der Waals surface area contributed by atoms with Gasteiger partial charge in [0, 0.05) is 23.9 Å². The highest BCUT2D eigenvalue weighted by Gasteiger charge is 2.25. The fraction of sp³-hybridized carbons (Fsp3) is 0.750. The van der Waals surface area contributed by atoms with Crippen LogP contribution in [-0.2, 0) is 0 Å². The van der Waals surface area contributed by atoms with E-state index in [2.05, 4.69) is 29.4 Å². The van der Waals surface area contributed by atoms with E-state index < -0.39 is 0 Å². The maximum Gasteiger partial charge on any atom is 0.0973 e. The summed E-state index contributed by atoms with van der Waals surface area (Å²) in [6.45, 7) is 7.99. The van der Waals surface area contributed by atoms with Crippen LogP contribution in [0.4, 0.5) is 0 Å². The van der Waals surface area contributed by atoms with Crippen molar-refractivity contribution >= 4 is 11.3 Å². The van der Waals surface area contributed by atoms with Gasteiger partial charge >= 0.3 is 0 Å². The highest BCUT2D eigenvalue weighted by atomic mass is 32.1. The third-order valence-corrected chi connectivity index (χ3v) is 4.51. The third-order valence-electron chi connectivity index (χ3n) is 3.49. The Bertz CT molecular complexity index is 337. The summed E-state index contributed by atoms with van der Waals surface area (Å²) in [5.74, 6) is 0.669. The third kappa shape index (κ3) is 2.44. The maximum absolute atomic E-state index is 4.76. The predicted octanol–water partition coefficient (Wildman–Crippen LogP) is 2.23. The zero-order chi connectivity index (χ0) is 11.5. The number of rotatable bonds is 4. The summed E-state index contributed by atoms with van der Waals surface area (Å²) in [5.41, 5.74) is 1.19. The molecule has 16 heavy (non-hydrogen) atoms. The highest BCUT2D eigenvalue weighted by molar-refractivity contribution is 7.09. The molecule has 1 aliphatic rings. The molecule has 4 heteroatoms. The Morgan fingerprint density at radius 2 is 2.50 bits per heavy atom. The molecule has 2 atom stereocenters. The fourth-order valence-electron chi connectivity index (χ4n) is 2.16. The van der Waals surface area contributed by atoms with E-state index in [1.807, 2.05) is 18.4 Å². The molecular weight excluding hydrogens is 218 g/mol. The van der Waals surface area contributed by atoms with E-state index in [0.29, 0.717) is 12.0 Å². The van der Waals surface area contributed by atoms with Gasteiger partial charge in [0.05, 0.1) is 10.7 Å². The molecular formula is C12H21N3S. The van der Waals surface area contributed by atoms with Crippen LogP contribution in [0.2, 0.25) is 0 Å². The summed E-state index contributed by atoms with van der Waals surface area (Å²) in [6.07, 6.45) is 1.27. The van der Waals surface area contributed by atoms with E-state index in [1.54, 1.807) is 0 Å². The zero-order valence-electron chi connectivity index (χ0n) is 10.4. The second-order valence-corrected chi connectivity index (χ2v) is 5.39. The Morgan fingerprint density at radius 3 is 3.12 bits per heavy atom. The summed E-state index contributed by atoms with van der Waals surface area (Å²) in [5, 5.41) is 6.77. The van der Waals surface area contributed by atoms with Gasteiger partial charge in [-0.15, -0.1) is 11.3 Å². The standard InChI is InChI=1S/C12H21N3S/c1-4-15-6-5-10(7-15)12-14-11(8-16-12)9(2)13-3/h8-10,13H,4-7H2,1-3H3. The van der Waals surface area contributed by atoms with Crippen LogP contribution in [0, 0.1) is 0 Å². The molecule has 0 amide bonds. The maximum atomic E-state index is 4.76. The first kappa shape index (κ1) is 12.0. The zero-order valence-corrected chi connectivity index (χ0v) is 11.2. The van der Waals surface area contributed by atoms with Crippen LogP contribution in [0.1, 0.15) is 42.9 Å². The Balaban J connectivity index is 2.02. The van der Waals surface area contributed by atoms with Crippen LogP contribution in [0.5, 0.6) is 0 Å². The van der Waals surface area contributed by atoms with Gasteiger partial charge in [0.15, 0.2) is 0 Å². The minimum atomic E-state index is 0.369. The Hall–Kier alpha value is -0.450. The van der Waals surface area contributed by atoms with Crippen molar-refractivity contribution in [2.24, 2.45) is 0 Å². The van der Waals surface area contributed by atoms with Gasteiger partial charge in [-0.25, -0.2) is 4.98 Å². The van der Waals surface area contributed by atoms with Crippen molar-refractivity contribution in [2.75, 3.05) is 26.7 Å². The summed E-state index contributed by atoms with van der Waals surface area (Å²) in [4.78, 5) is 7.27. The van der Waals surface area contributed by atoms with E-state index in [4.69, 9.17) is 4.98 Å². The van der Waals surface area contributed by atoms with Crippen molar-refractivity contribution in [1.29, 1.82) is 0 Å². The van der Waals surface area contributed by atoms with Gasteiger partial charge in [0.1, 0.15) is 0 Å². The normalized spacial score (nSPS) is 23.8. The van der Waals surface area contributed by atoms with Gasteiger partial charge in [0.25, 0.3) is 0 Å². The quantitative estimate of drug-likeness (QED) is 0.873. The lowest BCUT2D eigenvalue weighted by Gasteiger charge is -2.11. The van der Waals surface area contributed by atoms with E-state index in [9.17, 15) is 0 Å². The largest absolute Gasteiger partial charge is 0.312 e. The molecule has 1 aliphatic heterocycles. The molecule has 0 radical (unpaired) electrons. The molecule has 0 saturated carbocycles. The fourth-order valence-corrected chi connectivity index (χ4v) is 3.20. The second-order valence-electron chi connectivity index (χ2n) is 4.50. The highest BCUT2D eigenvalue weighted by Crippen LogP contribution is 2.30. The van der Waals surface area contributed by atoms with E-state index >= 15 is 0 Å². The number of hydrogen-bond acceptors (Lipinski definition) is 4. The van der Waals surface area contributed by atoms with Crippen molar-refractivity contribution in [3.05, 3.63) is 16.1 Å². The first-order chi connectivity index (χ1) is 7.74. The number of likely N-dealkylation sites (tertiary alicyclic amines) is 1. The molecule has 0 bridgehead atoms. The van der Waals surface area contributed by atoms with E-state index in [-0.39, 0.29) is 0 Å². The number of nitrogens with zero attached hydrogens (tertiary/aromatic N) is 2. The molecule has 0 aliphatic carbocycles. The Morgan fingerprint density at radius 1 is 1.69 bits per heavy atom. The number of thiazole rings is 1. The SMILES string of the molecule is CCN1CCC(c2nc(C(C)NC)cs2)C1. The van der Waals surface area contributed by atoms with Crippen molar-refractivity contribution in [3.63, 3.8) is 0 Å². The van der Waals surface area contributed by atoms with Crippen LogP contribution in [0.15, 0.2) is 5.38 Å². The van der Waals surface area contributed by atoms with Crippen molar-refractivity contribution in [1.82, 2.24) is 15.2 Å². The van der Waals surface area contributed by atoms with Crippen LogP contribution < -0.4 is 5.32 Å². The number of nitrogens with one attached hydrogen (secondary N) is 1. The number of likely N-dealkylation sites (N-methyl/N-ethyl adjacent to an activating group) is 1. The number of hydrogen-bond donors (Lipinski definition) is 1. The molecule has 1 aromatic heterocycles. The minimum absolute atomic E-state index is 0.369. The monoisotopic (exact) mass is 239 g/mol. The lowest BCUT2D eigenvalue weighted by Crippen LogP contribution is -2.19. The van der Waals surface area contributed by atoms with Gasteiger partial charge in [-0.1, -0.05) is 6.92 Å².